The number of hydrogen-bond donors (Lipinski definition) is 3. The van der Waals surface area contributed by atoms with Crippen molar-refractivity contribution in [2.45, 2.75) is 36.7 Å². The van der Waals surface area contributed by atoms with Crippen molar-refractivity contribution in [1.82, 2.24) is 4.90 Å². The lowest BCUT2D eigenvalue weighted by molar-refractivity contribution is -0.134. The number of amides is 1. The van der Waals surface area contributed by atoms with E-state index < -0.39 is 37.7 Å². The minimum absolute atomic E-state index is 0.0240. The molecular weight excluding hydrogens is 535 g/mol. The van der Waals surface area contributed by atoms with Gasteiger partial charge in [0.15, 0.2) is 5.84 Å². The Morgan fingerprint density at radius 3 is 2.66 bits per heavy atom. The number of benzene rings is 2. The highest BCUT2D eigenvalue weighted by molar-refractivity contribution is 7.92. The van der Waals surface area contributed by atoms with E-state index in [-0.39, 0.29) is 57.9 Å². The van der Waals surface area contributed by atoms with E-state index in [4.69, 9.17) is 0 Å². The summed E-state index contributed by atoms with van der Waals surface area (Å²) in [6.45, 7) is -0.0240. The summed E-state index contributed by atoms with van der Waals surface area (Å²) in [7, 11) is -8.02. The highest BCUT2D eigenvalue weighted by atomic mass is 32.2. The minimum atomic E-state index is -4.37. The molecule has 38 heavy (non-hydrogen) atoms. The van der Waals surface area contributed by atoms with E-state index in [1.54, 1.807) is 23.1 Å². The van der Waals surface area contributed by atoms with Gasteiger partial charge in [-0.2, -0.15) is 8.42 Å². The van der Waals surface area contributed by atoms with Crippen molar-refractivity contribution >= 4 is 43.2 Å². The summed E-state index contributed by atoms with van der Waals surface area (Å²) in [5.41, 5.74) is 0.193. The average Bonchev–Trinajstić information content (AvgIpc) is 3.44. The summed E-state index contributed by atoms with van der Waals surface area (Å²) < 4.78 is 70.1. The van der Waals surface area contributed by atoms with Crippen LogP contribution < -0.4 is 10.0 Å². The molecule has 0 aromatic heterocycles. The minimum Gasteiger partial charge on any atom is -0.511 e. The van der Waals surface area contributed by atoms with Gasteiger partial charge < -0.3 is 15.3 Å². The van der Waals surface area contributed by atoms with Crippen LogP contribution >= 0.6 is 0 Å². The number of carbonyl (C=O) groups is 1. The first kappa shape index (κ1) is 24.9. The summed E-state index contributed by atoms with van der Waals surface area (Å²) in [6, 6.07) is 9.71. The molecule has 2 aromatic rings. The van der Waals surface area contributed by atoms with Crippen LogP contribution in [0.3, 0.4) is 0 Å². The van der Waals surface area contributed by atoms with Crippen molar-refractivity contribution in [1.29, 1.82) is 0 Å². The Labute approximate surface area is 219 Å². The SMILES string of the molecule is CS(=O)(=O)Nc1ccc2c(c1)S(=O)(=O)N=C(C1=C(O)C3C([C@@H]4CC[C@H]3C4)N(Cc3ccccc3F)C1=O)N2. The van der Waals surface area contributed by atoms with Gasteiger partial charge in [0.25, 0.3) is 15.9 Å². The van der Waals surface area contributed by atoms with Gasteiger partial charge in [0, 0.05) is 29.8 Å². The fourth-order valence-electron chi connectivity index (χ4n) is 6.40. The second-order valence-electron chi connectivity index (χ2n) is 10.3. The molecule has 0 spiro atoms. The smallest absolute Gasteiger partial charge is 0.286 e. The van der Waals surface area contributed by atoms with Crippen LogP contribution in [0.5, 0.6) is 0 Å². The van der Waals surface area contributed by atoms with Crippen molar-refractivity contribution in [2.24, 2.45) is 22.2 Å². The van der Waals surface area contributed by atoms with Gasteiger partial charge in [-0.15, -0.1) is 4.40 Å². The van der Waals surface area contributed by atoms with Crippen LogP contribution in [-0.4, -0.2) is 50.9 Å². The van der Waals surface area contributed by atoms with Gasteiger partial charge in [-0.05, 0) is 55.4 Å². The van der Waals surface area contributed by atoms with Crippen LogP contribution in [0, 0.1) is 23.6 Å². The Kier molecular flexibility index (Phi) is 5.58. The van der Waals surface area contributed by atoms with Crippen LogP contribution in [0.15, 0.2) is 63.1 Å². The number of amidine groups is 1. The van der Waals surface area contributed by atoms with Crippen LogP contribution in [0.4, 0.5) is 15.8 Å². The molecule has 2 aliphatic carbocycles. The fourth-order valence-corrected chi connectivity index (χ4v) is 8.11. The highest BCUT2D eigenvalue weighted by Crippen LogP contribution is 2.55. The standard InChI is InChI=1S/C25H25FN4O6S2/c1-37(33,34)28-16-8-9-18-19(11-16)38(35,36)29-24(27-18)21-23(31)20-13-6-7-14(10-13)22(20)30(25(21)32)12-15-4-2-3-5-17(15)26/h2-5,8-9,11,13-14,20,22,28,31H,6-7,10,12H2,1H3,(H,27,29)/t13-,14+,20?,22?/m0/s1. The van der Waals surface area contributed by atoms with Crippen LogP contribution in [-0.2, 0) is 31.4 Å². The number of rotatable bonds is 5. The number of nitrogens with zero attached hydrogens (tertiary/aromatic N) is 2. The third kappa shape index (κ3) is 4.04. The third-order valence-electron chi connectivity index (χ3n) is 7.84. The molecule has 4 aliphatic rings. The van der Waals surface area contributed by atoms with Gasteiger partial charge in [0.1, 0.15) is 22.0 Å². The van der Waals surface area contributed by atoms with E-state index in [0.29, 0.717) is 5.56 Å². The first-order chi connectivity index (χ1) is 17.9. The van der Waals surface area contributed by atoms with Crippen LogP contribution in [0.2, 0.25) is 0 Å². The molecule has 3 N–H and O–H groups in total. The molecule has 10 nitrogen and oxygen atoms in total. The van der Waals surface area contributed by atoms with E-state index in [0.717, 1.165) is 31.6 Å². The van der Waals surface area contributed by atoms with Gasteiger partial charge >= 0.3 is 0 Å². The molecule has 2 aromatic carbocycles. The number of aliphatic hydroxyl groups is 1. The van der Waals surface area contributed by atoms with Crippen molar-refractivity contribution in [3.8, 4) is 0 Å². The molecule has 0 radical (unpaired) electrons. The molecule has 200 valence electrons. The van der Waals surface area contributed by atoms with Crippen LogP contribution in [0.1, 0.15) is 24.8 Å². The lowest BCUT2D eigenvalue weighted by atomic mass is 9.77. The Bertz CT molecular complexity index is 1650. The lowest BCUT2D eigenvalue weighted by Gasteiger charge is -2.44. The summed E-state index contributed by atoms with van der Waals surface area (Å²) in [6.07, 6.45) is 3.54. The van der Waals surface area contributed by atoms with Gasteiger partial charge in [0.05, 0.1) is 11.9 Å². The quantitative estimate of drug-likeness (QED) is 0.510. The summed E-state index contributed by atoms with van der Waals surface area (Å²) in [4.78, 5) is 15.2. The molecule has 2 fully saturated rings. The maximum Gasteiger partial charge on any atom is 0.286 e. The number of hydrogen-bond acceptors (Lipinski definition) is 7. The molecule has 2 aliphatic heterocycles. The topological polar surface area (TPSA) is 145 Å². The van der Waals surface area contributed by atoms with Crippen molar-refractivity contribution < 1.29 is 31.1 Å². The van der Waals surface area contributed by atoms with E-state index in [9.17, 15) is 31.1 Å². The Balaban J connectivity index is 1.42. The number of sulfonamides is 2. The van der Waals surface area contributed by atoms with E-state index in [2.05, 4.69) is 14.4 Å². The second-order valence-corrected chi connectivity index (χ2v) is 13.6. The van der Waals surface area contributed by atoms with Gasteiger partial charge in [-0.25, -0.2) is 12.8 Å². The molecule has 2 bridgehead atoms. The molecular formula is C25H25FN4O6S2. The van der Waals surface area contributed by atoms with Gasteiger partial charge in [-0.3, -0.25) is 9.52 Å². The zero-order valence-electron chi connectivity index (χ0n) is 20.3. The molecule has 4 atom stereocenters. The predicted molar refractivity (Wildman–Crippen MR) is 138 cm³/mol. The molecule has 1 amide bonds. The zero-order chi connectivity index (χ0) is 27.0. The lowest BCUT2D eigenvalue weighted by Crippen LogP contribution is -2.53. The number of carbonyl (C=O) groups excluding carboxylic acids is 1. The van der Waals surface area contributed by atoms with E-state index in [1.165, 1.54) is 18.2 Å². The summed E-state index contributed by atoms with van der Waals surface area (Å²) in [5, 5.41) is 14.2. The van der Waals surface area contributed by atoms with Crippen LogP contribution in [0.25, 0.3) is 0 Å². The fraction of sp³-hybridized carbons (Fsp3) is 0.360. The van der Waals surface area contributed by atoms with E-state index in [1.807, 2.05) is 0 Å². The van der Waals surface area contributed by atoms with Gasteiger partial charge in [-0.1, -0.05) is 18.2 Å². The molecule has 6 rings (SSSR count). The largest absolute Gasteiger partial charge is 0.511 e. The summed E-state index contributed by atoms with van der Waals surface area (Å²) in [5.74, 6) is -1.71. The van der Waals surface area contributed by atoms with Crippen molar-refractivity contribution in [2.75, 3.05) is 16.3 Å². The molecule has 2 heterocycles. The number of anilines is 2. The third-order valence-corrected chi connectivity index (χ3v) is 9.76. The number of fused-ring (bicyclic) bond motifs is 6. The van der Waals surface area contributed by atoms with E-state index >= 15 is 0 Å². The van der Waals surface area contributed by atoms with Crippen molar-refractivity contribution in [3.05, 3.63) is 65.2 Å². The zero-order valence-corrected chi connectivity index (χ0v) is 21.9. The van der Waals surface area contributed by atoms with Crippen molar-refractivity contribution in [3.63, 3.8) is 0 Å². The number of halogens is 1. The highest BCUT2D eigenvalue weighted by Gasteiger charge is 2.57. The maximum atomic E-state index is 14.6. The maximum absolute atomic E-state index is 14.6. The second kappa shape index (κ2) is 8.53. The first-order valence-electron chi connectivity index (χ1n) is 12.1. The molecule has 2 unspecified atom stereocenters. The average molecular weight is 561 g/mol. The number of aliphatic hydroxyl groups excluding tert-OH is 1. The molecule has 0 saturated heterocycles. The predicted octanol–water partition coefficient (Wildman–Crippen LogP) is 2.98. The monoisotopic (exact) mass is 560 g/mol. The Hall–Kier alpha value is -3.45. The normalized spacial score (nSPS) is 27.5. The van der Waals surface area contributed by atoms with Gasteiger partial charge in [0.2, 0.25) is 10.0 Å². The first-order valence-corrected chi connectivity index (χ1v) is 15.5. The number of nitrogens with one attached hydrogen (secondary N) is 2. The Morgan fingerprint density at radius 2 is 1.92 bits per heavy atom. The molecule has 2 saturated carbocycles. The molecule has 13 heteroatoms. The Morgan fingerprint density at radius 1 is 1.18 bits per heavy atom. The summed E-state index contributed by atoms with van der Waals surface area (Å²) >= 11 is 0.